The number of ether oxygens (including phenoxy) is 1. The number of carbonyl (C=O) groups is 1. The Morgan fingerprint density at radius 1 is 1.12 bits per heavy atom. The zero-order valence-corrected chi connectivity index (χ0v) is 17.7. The van der Waals surface area contributed by atoms with E-state index in [0.29, 0.717) is 5.57 Å². The molecule has 0 heterocycles. The van der Waals surface area contributed by atoms with Crippen LogP contribution >= 0.6 is 0 Å². The normalized spacial score (nSPS) is 15.2. The molecule has 0 spiro atoms. The van der Waals surface area contributed by atoms with E-state index in [0.717, 1.165) is 35.1 Å². The lowest BCUT2D eigenvalue weighted by atomic mass is 9.88. The predicted molar refractivity (Wildman–Crippen MR) is 114 cm³/mol. The van der Waals surface area contributed by atoms with Crippen LogP contribution < -0.4 is 0 Å². The molecule has 0 amide bonds. The molecule has 0 aliphatic heterocycles. The first-order valence-electron chi connectivity index (χ1n) is 9.42. The van der Waals surface area contributed by atoms with E-state index in [2.05, 4.69) is 44.0 Å². The van der Waals surface area contributed by atoms with Crippen molar-refractivity contribution in [1.82, 2.24) is 0 Å². The summed E-state index contributed by atoms with van der Waals surface area (Å²) in [6.45, 7) is 13.8. The topological polar surface area (TPSA) is 38.7 Å². The molecular weight excluding hydrogens is 322 g/mol. The smallest absolute Gasteiger partial charge is 0.338 e. The number of hydrogen-bond donors (Lipinski definition) is 0. The summed E-state index contributed by atoms with van der Waals surface area (Å²) in [7, 11) is 1.74. The van der Waals surface area contributed by atoms with Gasteiger partial charge in [-0.05, 0) is 64.2 Å². The Bertz CT molecular complexity index is 641. The quantitative estimate of drug-likeness (QED) is 0.215. The number of hydrogen-bond acceptors (Lipinski definition) is 3. The summed E-state index contributed by atoms with van der Waals surface area (Å²) in [5.74, 6) is -0.312. The van der Waals surface area contributed by atoms with Gasteiger partial charge in [0.25, 0.3) is 0 Å². The van der Waals surface area contributed by atoms with Crippen molar-refractivity contribution in [2.24, 2.45) is 4.99 Å². The maximum atomic E-state index is 12.8. The number of rotatable bonds is 9. The van der Waals surface area contributed by atoms with Crippen molar-refractivity contribution >= 4 is 12.2 Å². The molecule has 0 rings (SSSR count). The van der Waals surface area contributed by atoms with Crippen LogP contribution in [0, 0.1) is 0 Å². The number of aliphatic imine (C=N–C) groups is 1. The fourth-order valence-electron chi connectivity index (χ4n) is 2.58. The van der Waals surface area contributed by atoms with Gasteiger partial charge in [-0.25, -0.2) is 4.79 Å². The average Bonchev–Trinajstić information content (AvgIpc) is 2.58. The van der Waals surface area contributed by atoms with Gasteiger partial charge in [-0.3, -0.25) is 4.99 Å². The molecule has 0 atom stereocenters. The second kappa shape index (κ2) is 13.1. The molecule has 0 aliphatic carbocycles. The summed E-state index contributed by atoms with van der Waals surface area (Å²) in [5.41, 5.74) is 4.48. The van der Waals surface area contributed by atoms with Gasteiger partial charge in [0.05, 0.1) is 11.7 Å². The molecule has 0 aromatic rings. The summed E-state index contributed by atoms with van der Waals surface area (Å²) in [6.07, 6.45) is 13.7. The van der Waals surface area contributed by atoms with Crippen LogP contribution in [0.15, 0.2) is 63.2 Å². The van der Waals surface area contributed by atoms with Gasteiger partial charge in [0.2, 0.25) is 0 Å². The minimum Gasteiger partial charge on any atom is -0.459 e. The minimum absolute atomic E-state index is 0.172. The molecule has 0 saturated heterocycles. The second-order valence-corrected chi connectivity index (χ2v) is 6.18. The Hall–Kier alpha value is -2.16. The molecule has 26 heavy (non-hydrogen) atoms. The van der Waals surface area contributed by atoms with E-state index in [-0.39, 0.29) is 12.1 Å². The van der Waals surface area contributed by atoms with Crippen molar-refractivity contribution in [2.45, 2.75) is 67.4 Å². The Morgan fingerprint density at radius 3 is 2.19 bits per heavy atom. The first kappa shape index (κ1) is 23.8. The molecule has 144 valence electrons. The Morgan fingerprint density at radius 2 is 1.77 bits per heavy atom. The zero-order chi connectivity index (χ0) is 20.1. The maximum absolute atomic E-state index is 12.8. The predicted octanol–water partition coefficient (Wildman–Crippen LogP) is 6.15. The van der Waals surface area contributed by atoms with Gasteiger partial charge in [-0.1, -0.05) is 44.2 Å². The third kappa shape index (κ3) is 7.38. The van der Waals surface area contributed by atoms with E-state index >= 15 is 0 Å². The molecule has 0 aromatic carbocycles. The summed E-state index contributed by atoms with van der Waals surface area (Å²) in [6, 6.07) is 0. The summed E-state index contributed by atoms with van der Waals surface area (Å²) < 4.78 is 5.49. The lowest BCUT2D eigenvalue weighted by Crippen LogP contribution is -2.17. The van der Waals surface area contributed by atoms with Crippen LogP contribution in [0.2, 0.25) is 0 Å². The lowest BCUT2D eigenvalue weighted by molar-refractivity contribution is -0.142. The number of allylic oxidation sites excluding steroid dienone is 8. The largest absolute Gasteiger partial charge is 0.459 e. The van der Waals surface area contributed by atoms with Gasteiger partial charge in [-0.2, -0.15) is 0 Å². The third-order valence-electron chi connectivity index (χ3n) is 3.71. The average molecular weight is 358 g/mol. The van der Waals surface area contributed by atoms with Gasteiger partial charge in [0.15, 0.2) is 0 Å². The first-order chi connectivity index (χ1) is 12.4. The van der Waals surface area contributed by atoms with Gasteiger partial charge < -0.3 is 4.74 Å². The number of nitrogens with zero attached hydrogens (tertiary/aromatic N) is 1. The Balaban J connectivity index is 6.83. The standard InChI is InChI=1S/C23H35NO2/c1-9-13-15-21(18(7)14-10-2)22(19(11-3)16-24-8)20(12-4)23(25)26-17(5)6/h11-17H,9-10H2,1-8H3/b15-13-,18-14+,19-11+,20-12+,22-21-,24-16?. The second-order valence-electron chi connectivity index (χ2n) is 6.18. The molecule has 0 N–H and O–H groups in total. The molecule has 3 nitrogen and oxygen atoms in total. The van der Waals surface area contributed by atoms with Gasteiger partial charge in [0, 0.05) is 18.8 Å². The van der Waals surface area contributed by atoms with Crippen LogP contribution in [0.1, 0.15) is 61.3 Å². The van der Waals surface area contributed by atoms with Gasteiger partial charge in [-0.15, -0.1) is 0 Å². The molecule has 0 radical (unpaired) electrons. The molecule has 3 heteroatoms. The third-order valence-corrected chi connectivity index (χ3v) is 3.71. The van der Waals surface area contributed by atoms with Crippen LogP contribution in [-0.4, -0.2) is 25.3 Å². The Labute approximate surface area is 159 Å². The van der Waals surface area contributed by atoms with E-state index in [9.17, 15) is 4.79 Å². The summed E-state index contributed by atoms with van der Waals surface area (Å²) in [4.78, 5) is 17.0. The van der Waals surface area contributed by atoms with E-state index in [1.165, 1.54) is 0 Å². The van der Waals surface area contributed by atoms with Crippen molar-refractivity contribution in [3.63, 3.8) is 0 Å². The van der Waals surface area contributed by atoms with Crippen molar-refractivity contribution < 1.29 is 9.53 Å². The molecule has 0 aliphatic rings. The van der Waals surface area contributed by atoms with Crippen LogP contribution in [-0.2, 0) is 9.53 Å². The zero-order valence-electron chi connectivity index (χ0n) is 17.7. The van der Waals surface area contributed by atoms with Crippen molar-refractivity contribution in [3.05, 3.63) is 58.2 Å². The van der Waals surface area contributed by atoms with Gasteiger partial charge in [0.1, 0.15) is 0 Å². The Kier molecular flexibility index (Phi) is 12.0. The highest BCUT2D eigenvalue weighted by Crippen LogP contribution is 2.29. The monoisotopic (exact) mass is 357 g/mol. The lowest BCUT2D eigenvalue weighted by Gasteiger charge is -2.18. The SMILES string of the molecule is C/C=C(C=NC)/C(=C(\C=C/CC)C(/C)=C/CC)C(=C\C)/C(=O)OC(C)C. The van der Waals surface area contributed by atoms with Crippen molar-refractivity contribution in [3.8, 4) is 0 Å². The first-order valence-corrected chi connectivity index (χ1v) is 9.42. The highest BCUT2D eigenvalue weighted by molar-refractivity contribution is 6.01. The fraction of sp³-hybridized carbons (Fsp3) is 0.478. The van der Waals surface area contributed by atoms with Crippen LogP contribution in [0.3, 0.4) is 0 Å². The molecule has 0 fully saturated rings. The van der Waals surface area contributed by atoms with E-state index < -0.39 is 0 Å². The van der Waals surface area contributed by atoms with E-state index in [4.69, 9.17) is 4.74 Å². The highest BCUT2D eigenvalue weighted by atomic mass is 16.5. The maximum Gasteiger partial charge on any atom is 0.338 e. The molecule has 0 aromatic heterocycles. The number of esters is 1. The van der Waals surface area contributed by atoms with Crippen molar-refractivity contribution in [1.29, 1.82) is 0 Å². The number of carbonyl (C=O) groups excluding carboxylic acids is 1. The van der Waals surface area contributed by atoms with Crippen molar-refractivity contribution in [2.75, 3.05) is 7.05 Å². The summed E-state index contributed by atoms with van der Waals surface area (Å²) in [5, 5.41) is 0. The van der Waals surface area contributed by atoms with E-state index in [1.54, 1.807) is 13.3 Å². The van der Waals surface area contributed by atoms with Crippen LogP contribution in [0.25, 0.3) is 0 Å². The minimum atomic E-state index is -0.312. The van der Waals surface area contributed by atoms with Gasteiger partial charge >= 0.3 is 5.97 Å². The molecule has 0 bridgehead atoms. The molecular formula is C23H35NO2. The highest BCUT2D eigenvalue weighted by Gasteiger charge is 2.22. The van der Waals surface area contributed by atoms with E-state index in [1.807, 2.05) is 39.8 Å². The fourth-order valence-corrected chi connectivity index (χ4v) is 2.58. The molecule has 0 unspecified atom stereocenters. The van der Waals surface area contributed by atoms with Crippen LogP contribution in [0.5, 0.6) is 0 Å². The van der Waals surface area contributed by atoms with Crippen LogP contribution in [0.4, 0.5) is 0 Å². The molecule has 0 saturated carbocycles. The summed E-state index contributed by atoms with van der Waals surface area (Å²) >= 11 is 0.